The van der Waals surface area contributed by atoms with Crippen molar-refractivity contribution >= 4 is 0 Å². The number of aliphatic hydroxyl groups excluding tert-OH is 1. The van der Waals surface area contributed by atoms with Crippen LogP contribution in [0.4, 0.5) is 0 Å². The van der Waals surface area contributed by atoms with Crippen molar-refractivity contribution in [1.82, 2.24) is 0 Å². The highest BCUT2D eigenvalue weighted by Crippen LogP contribution is 2.23. The van der Waals surface area contributed by atoms with Crippen LogP contribution in [0.3, 0.4) is 0 Å². The molecule has 0 heterocycles. The van der Waals surface area contributed by atoms with Gasteiger partial charge in [0.25, 0.3) is 0 Å². The van der Waals surface area contributed by atoms with Crippen molar-refractivity contribution in [3.05, 3.63) is 0 Å². The molecule has 0 saturated carbocycles. The smallest absolute Gasteiger partial charge is 0.0641 e. The first-order valence-corrected chi connectivity index (χ1v) is 9.60. The first-order valence-electron chi connectivity index (χ1n) is 9.60. The molecule has 2 heteroatoms. The van der Waals surface area contributed by atoms with E-state index >= 15 is 0 Å². The molecular weight excluding hydrogens is 272 g/mol. The molecule has 0 aromatic carbocycles. The van der Waals surface area contributed by atoms with Crippen molar-refractivity contribution in [3.63, 3.8) is 0 Å². The molecule has 2 N–H and O–H groups in total. The summed E-state index contributed by atoms with van der Waals surface area (Å²) in [5.74, 6) is 2.47. The Bertz CT molecular complexity index is 248. The van der Waals surface area contributed by atoms with E-state index in [1.807, 2.05) is 6.92 Å². The Balaban J connectivity index is 3.58. The normalized spacial score (nSPS) is 17.5. The number of hydrogen-bond donors (Lipinski definition) is 2. The van der Waals surface area contributed by atoms with Crippen LogP contribution in [0.15, 0.2) is 0 Å². The van der Waals surface area contributed by atoms with E-state index in [1.165, 1.54) is 44.9 Å². The standard InChI is InChI=1S/C20H42O2/c1-17(2)9-6-10-18(3)11-7-12-19(4)13-8-14-20(5,22)15-16-21/h17-19,21-22H,6-16H2,1-5H3. The average Bonchev–Trinajstić information content (AvgIpc) is 2.37. The van der Waals surface area contributed by atoms with Gasteiger partial charge in [-0.05, 0) is 37.5 Å². The molecule has 134 valence electrons. The Morgan fingerprint density at radius 2 is 1.18 bits per heavy atom. The summed E-state index contributed by atoms with van der Waals surface area (Å²) in [7, 11) is 0. The summed E-state index contributed by atoms with van der Waals surface area (Å²) in [6.45, 7) is 11.3. The molecule has 0 aliphatic carbocycles. The highest BCUT2D eigenvalue weighted by molar-refractivity contribution is 4.72. The van der Waals surface area contributed by atoms with E-state index in [-0.39, 0.29) is 6.61 Å². The molecule has 0 aliphatic rings. The van der Waals surface area contributed by atoms with Crippen LogP contribution in [0.2, 0.25) is 0 Å². The molecule has 3 unspecified atom stereocenters. The minimum Gasteiger partial charge on any atom is -0.396 e. The van der Waals surface area contributed by atoms with Gasteiger partial charge in [-0.2, -0.15) is 0 Å². The topological polar surface area (TPSA) is 40.5 Å². The lowest BCUT2D eigenvalue weighted by molar-refractivity contribution is 0.0224. The van der Waals surface area contributed by atoms with E-state index in [0.29, 0.717) is 6.42 Å². The quantitative estimate of drug-likeness (QED) is 0.441. The summed E-state index contributed by atoms with van der Waals surface area (Å²) in [5.41, 5.74) is -0.681. The minimum absolute atomic E-state index is 0.0806. The van der Waals surface area contributed by atoms with Gasteiger partial charge in [-0.3, -0.25) is 0 Å². The number of hydrogen-bond acceptors (Lipinski definition) is 2. The van der Waals surface area contributed by atoms with Crippen LogP contribution in [-0.4, -0.2) is 22.4 Å². The molecule has 2 nitrogen and oxygen atoms in total. The monoisotopic (exact) mass is 314 g/mol. The van der Waals surface area contributed by atoms with Crippen molar-refractivity contribution in [1.29, 1.82) is 0 Å². The average molecular weight is 315 g/mol. The van der Waals surface area contributed by atoms with Crippen molar-refractivity contribution in [3.8, 4) is 0 Å². The van der Waals surface area contributed by atoms with Crippen LogP contribution < -0.4 is 0 Å². The second-order valence-electron chi connectivity index (χ2n) is 8.33. The van der Waals surface area contributed by atoms with Crippen molar-refractivity contribution in [2.75, 3.05) is 6.61 Å². The molecule has 0 fully saturated rings. The van der Waals surface area contributed by atoms with Gasteiger partial charge in [0.15, 0.2) is 0 Å². The number of rotatable bonds is 14. The van der Waals surface area contributed by atoms with E-state index in [0.717, 1.165) is 30.6 Å². The lowest BCUT2D eigenvalue weighted by atomic mass is 9.89. The maximum Gasteiger partial charge on any atom is 0.0641 e. The molecule has 0 bridgehead atoms. The SMILES string of the molecule is CC(C)CCCC(C)CCCC(C)CCCC(C)(O)CCO. The zero-order chi connectivity index (χ0) is 17.0. The summed E-state index contributed by atoms with van der Waals surface area (Å²) < 4.78 is 0. The fourth-order valence-electron chi connectivity index (χ4n) is 3.18. The third-order valence-electron chi connectivity index (χ3n) is 4.93. The summed E-state index contributed by atoms with van der Waals surface area (Å²) in [5, 5.41) is 18.9. The third kappa shape index (κ3) is 13.6. The van der Waals surface area contributed by atoms with Gasteiger partial charge in [0.05, 0.1) is 5.60 Å². The van der Waals surface area contributed by atoms with Crippen molar-refractivity contribution < 1.29 is 10.2 Å². The van der Waals surface area contributed by atoms with E-state index in [9.17, 15) is 5.11 Å². The van der Waals surface area contributed by atoms with E-state index in [4.69, 9.17) is 5.11 Å². The van der Waals surface area contributed by atoms with E-state index in [1.54, 1.807) is 0 Å². The molecular formula is C20H42O2. The highest BCUT2D eigenvalue weighted by Gasteiger charge is 2.19. The van der Waals surface area contributed by atoms with Crippen LogP contribution in [0, 0.1) is 17.8 Å². The van der Waals surface area contributed by atoms with E-state index in [2.05, 4.69) is 27.7 Å². The maximum atomic E-state index is 10.0. The Labute approximate surface area is 139 Å². The summed E-state index contributed by atoms with van der Waals surface area (Å²) in [6, 6.07) is 0. The fraction of sp³-hybridized carbons (Fsp3) is 1.00. The fourth-order valence-corrected chi connectivity index (χ4v) is 3.18. The largest absolute Gasteiger partial charge is 0.396 e. The molecule has 0 radical (unpaired) electrons. The third-order valence-corrected chi connectivity index (χ3v) is 4.93. The van der Waals surface area contributed by atoms with Gasteiger partial charge < -0.3 is 10.2 Å². The van der Waals surface area contributed by atoms with Gasteiger partial charge in [0.2, 0.25) is 0 Å². The molecule has 22 heavy (non-hydrogen) atoms. The lowest BCUT2D eigenvalue weighted by Gasteiger charge is -2.23. The van der Waals surface area contributed by atoms with Gasteiger partial charge in [-0.25, -0.2) is 0 Å². The predicted molar refractivity (Wildman–Crippen MR) is 97.0 cm³/mol. The second-order valence-corrected chi connectivity index (χ2v) is 8.33. The van der Waals surface area contributed by atoms with Gasteiger partial charge in [-0.1, -0.05) is 79.1 Å². The first-order chi connectivity index (χ1) is 10.3. The van der Waals surface area contributed by atoms with Crippen molar-refractivity contribution in [2.24, 2.45) is 17.8 Å². The molecule has 0 spiro atoms. The molecule has 0 amide bonds. The van der Waals surface area contributed by atoms with Crippen LogP contribution in [0.1, 0.15) is 98.8 Å². The molecule has 0 rings (SSSR count). The molecule has 0 aromatic heterocycles. The van der Waals surface area contributed by atoms with Crippen LogP contribution in [0.25, 0.3) is 0 Å². The molecule has 0 aromatic rings. The summed E-state index contributed by atoms with van der Waals surface area (Å²) in [6.07, 6.45) is 11.7. The zero-order valence-corrected chi connectivity index (χ0v) is 15.9. The lowest BCUT2D eigenvalue weighted by Crippen LogP contribution is -2.25. The Kier molecular flexibility index (Phi) is 12.3. The summed E-state index contributed by atoms with van der Waals surface area (Å²) >= 11 is 0. The maximum absolute atomic E-state index is 10.0. The minimum atomic E-state index is -0.681. The van der Waals surface area contributed by atoms with Crippen LogP contribution >= 0.6 is 0 Å². The van der Waals surface area contributed by atoms with Gasteiger partial charge in [0.1, 0.15) is 0 Å². The number of aliphatic hydroxyl groups is 2. The molecule has 0 saturated heterocycles. The highest BCUT2D eigenvalue weighted by atomic mass is 16.3. The second kappa shape index (κ2) is 12.4. The molecule has 3 atom stereocenters. The van der Waals surface area contributed by atoms with Crippen LogP contribution in [0.5, 0.6) is 0 Å². The zero-order valence-electron chi connectivity index (χ0n) is 15.9. The van der Waals surface area contributed by atoms with Crippen LogP contribution in [-0.2, 0) is 0 Å². The Hall–Kier alpha value is -0.0800. The molecule has 0 aliphatic heterocycles. The van der Waals surface area contributed by atoms with Gasteiger partial charge in [0, 0.05) is 6.61 Å². The van der Waals surface area contributed by atoms with Gasteiger partial charge >= 0.3 is 0 Å². The first kappa shape index (κ1) is 21.9. The van der Waals surface area contributed by atoms with Crippen molar-refractivity contribution in [2.45, 2.75) is 104 Å². The predicted octanol–water partition coefficient (Wildman–Crippen LogP) is 5.56. The van der Waals surface area contributed by atoms with E-state index < -0.39 is 5.60 Å². The van der Waals surface area contributed by atoms with Gasteiger partial charge in [-0.15, -0.1) is 0 Å². The summed E-state index contributed by atoms with van der Waals surface area (Å²) in [4.78, 5) is 0. The Morgan fingerprint density at radius 1 is 0.727 bits per heavy atom. The Morgan fingerprint density at radius 3 is 1.64 bits per heavy atom.